The van der Waals surface area contributed by atoms with Gasteiger partial charge in [-0.15, -0.1) is 0 Å². The molecule has 0 spiro atoms. The van der Waals surface area contributed by atoms with Crippen LogP contribution in [0.1, 0.15) is 200 Å². The first-order chi connectivity index (χ1) is 35.1. The quantitative estimate of drug-likeness (QED) is 0.0172. The minimum Gasteiger partial charge on any atom is -0.457 e. The fourth-order valence-electron chi connectivity index (χ4n) is 8.76. The first-order valence-electron chi connectivity index (χ1n) is 28.4. The van der Waals surface area contributed by atoms with Gasteiger partial charge in [0.15, 0.2) is 12.6 Å². The highest BCUT2D eigenvalue weighted by molar-refractivity contribution is 5.69. The predicted octanol–water partition coefficient (Wildman–Crippen LogP) is 9.69. The number of hydrogen-bond acceptors (Lipinski definition) is 14. The molecule has 0 aromatic carbocycles. The van der Waals surface area contributed by atoms with E-state index in [4.69, 9.17) is 28.4 Å². The van der Waals surface area contributed by atoms with Gasteiger partial charge < -0.3 is 64.2 Å². The second-order valence-electron chi connectivity index (χ2n) is 19.7. The highest BCUT2D eigenvalue weighted by atomic mass is 16.7. The van der Waals surface area contributed by atoms with Gasteiger partial charge in [-0.05, 0) is 44.9 Å². The van der Waals surface area contributed by atoms with Crippen molar-refractivity contribution in [3.8, 4) is 0 Å². The molecule has 0 amide bonds. The van der Waals surface area contributed by atoms with Crippen molar-refractivity contribution in [1.29, 1.82) is 0 Å². The summed E-state index contributed by atoms with van der Waals surface area (Å²) in [6.07, 6.45) is 38.8. The summed E-state index contributed by atoms with van der Waals surface area (Å²) in [4.78, 5) is 13.1. The molecule has 0 bridgehead atoms. The molecule has 0 aromatic heterocycles. The molecular formula is C58H102O14. The van der Waals surface area contributed by atoms with Gasteiger partial charge in [-0.3, -0.25) is 4.79 Å². The number of aliphatic hydroxyl groups is 7. The number of unbranched alkanes of at least 4 members (excludes halogenated alkanes) is 21. The molecule has 2 aliphatic heterocycles. The standard InChI is InChI=1S/C58H102O14/c1-3-5-7-9-11-13-15-17-19-21-22-23-24-25-26-27-29-31-33-35-37-39-41-50(60)70-47(44-67-42-40-38-36-34-32-30-28-20-18-16-14-12-10-8-6-4-2)45-68-57-56(66)54(64)52(62)49(72-57)46-69-58-55(65)53(63)51(61)48(43-59)71-58/h6,8,12,14,18,20,30,32,36,38,47-49,51-59,61-66H,3-5,7,9-11,13,15-17,19,21-29,31,33-35,37,39-46H2,1-2H3/b8-6-,14-12-,20-18-,32-30-,38-36-. The van der Waals surface area contributed by atoms with Crippen LogP contribution in [0.15, 0.2) is 60.8 Å². The molecule has 11 atom stereocenters. The molecule has 2 heterocycles. The highest BCUT2D eigenvalue weighted by Gasteiger charge is 2.47. The lowest BCUT2D eigenvalue weighted by molar-refractivity contribution is -0.332. The molecule has 418 valence electrons. The van der Waals surface area contributed by atoms with E-state index >= 15 is 0 Å². The van der Waals surface area contributed by atoms with Gasteiger partial charge in [-0.1, -0.05) is 209 Å². The summed E-state index contributed by atoms with van der Waals surface area (Å²) in [6, 6.07) is 0. The minimum absolute atomic E-state index is 0.00739. The average molecular weight is 1020 g/mol. The van der Waals surface area contributed by atoms with E-state index in [-0.39, 0.29) is 19.6 Å². The third-order valence-electron chi connectivity index (χ3n) is 13.3. The molecule has 14 heteroatoms. The first-order valence-corrected chi connectivity index (χ1v) is 28.4. The third-order valence-corrected chi connectivity index (χ3v) is 13.3. The van der Waals surface area contributed by atoms with Gasteiger partial charge in [-0.2, -0.15) is 0 Å². The second-order valence-corrected chi connectivity index (χ2v) is 19.7. The molecule has 2 rings (SSSR count). The highest BCUT2D eigenvalue weighted by Crippen LogP contribution is 2.26. The van der Waals surface area contributed by atoms with Crippen LogP contribution in [0.5, 0.6) is 0 Å². The van der Waals surface area contributed by atoms with Gasteiger partial charge in [-0.25, -0.2) is 0 Å². The summed E-state index contributed by atoms with van der Waals surface area (Å²) in [7, 11) is 0. The summed E-state index contributed by atoms with van der Waals surface area (Å²) in [5.74, 6) is -0.399. The van der Waals surface area contributed by atoms with Crippen molar-refractivity contribution in [2.45, 2.75) is 268 Å². The first kappa shape index (κ1) is 65.8. The zero-order valence-corrected chi connectivity index (χ0v) is 44.7. The van der Waals surface area contributed by atoms with E-state index in [0.29, 0.717) is 19.4 Å². The maximum atomic E-state index is 13.1. The van der Waals surface area contributed by atoms with E-state index in [1.807, 2.05) is 6.08 Å². The third kappa shape index (κ3) is 31.5. The number of allylic oxidation sites excluding steroid dienone is 9. The zero-order valence-electron chi connectivity index (χ0n) is 44.7. The molecule has 0 saturated carbocycles. The van der Waals surface area contributed by atoms with Crippen molar-refractivity contribution in [3.05, 3.63) is 60.8 Å². The van der Waals surface area contributed by atoms with Gasteiger partial charge >= 0.3 is 5.97 Å². The Morgan fingerprint density at radius 2 is 0.875 bits per heavy atom. The largest absolute Gasteiger partial charge is 0.457 e. The molecule has 2 saturated heterocycles. The molecule has 11 unspecified atom stereocenters. The Morgan fingerprint density at radius 1 is 0.472 bits per heavy atom. The van der Waals surface area contributed by atoms with Gasteiger partial charge in [0, 0.05) is 6.42 Å². The Balaban J connectivity index is 1.74. The predicted molar refractivity (Wildman–Crippen MR) is 284 cm³/mol. The van der Waals surface area contributed by atoms with Gasteiger partial charge in [0.05, 0.1) is 33.0 Å². The maximum absolute atomic E-state index is 13.1. The lowest BCUT2D eigenvalue weighted by Gasteiger charge is -2.42. The normalized spacial score (nSPS) is 25.6. The van der Waals surface area contributed by atoms with Crippen molar-refractivity contribution >= 4 is 5.97 Å². The Morgan fingerprint density at radius 3 is 1.33 bits per heavy atom. The molecule has 2 fully saturated rings. The SMILES string of the molecule is CC/C=C\C/C=C\C/C=C\C/C=C\C/C=C\CCOCC(COC1OC(COC2OC(CO)C(O)C(O)C2O)C(O)C(O)C1O)OC(=O)CCCCCCCCCCCCCCCCCCCCCCCC. The van der Waals surface area contributed by atoms with Crippen LogP contribution in [-0.4, -0.2) is 142 Å². The summed E-state index contributed by atoms with van der Waals surface area (Å²) in [5, 5.41) is 72.2. The van der Waals surface area contributed by atoms with Crippen molar-refractivity contribution in [3.63, 3.8) is 0 Å². The number of rotatable bonds is 45. The Bertz CT molecular complexity index is 1420. The fourth-order valence-corrected chi connectivity index (χ4v) is 8.76. The van der Waals surface area contributed by atoms with Crippen molar-refractivity contribution in [1.82, 2.24) is 0 Å². The van der Waals surface area contributed by atoms with Crippen LogP contribution in [0.25, 0.3) is 0 Å². The monoisotopic (exact) mass is 1020 g/mol. The Kier molecular flexibility index (Phi) is 41.1. The number of carbonyl (C=O) groups is 1. The number of hydrogen-bond donors (Lipinski definition) is 7. The Labute approximate surface area is 434 Å². The van der Waals surface area contributed by atoms with E-state index < -0.39 is 86.7 Å². The summed E-state index contributed by atoms with van der Waals surface area (Å²) in [5.41, 5.74) is 0. The summed E-state index contributed by atoms with van der Waals surface area (Å²) in [6.45, 7) is 3.37. The zero-order chi connectivity index (χ0) is 52.3. The maximum Gasteiger partial charge on any atom is 0.306 e. The fraction of sp³-hybridized carbons (Fsp3) is 0.810. The van der Waals surface area contributed by atoms with E-state index in [0.717, 1.165) is 51.4 Å². The van der Waals surface area contributed by atoms with Gasteiger partial charge in [0.2, 0.25) is 0 Å². The van der Waals surface area contributed by atoms with Crippen LogP contribution in [-0.2, 0) is 33.2 Å². The number of aliphatic hydroxyl groups excluding tert-OH is 7. The lowest BCUT2D eigenvalue weighted by Crippen LogP contribution is -2.61. The second kappa shape index (κ2) is 44.9. The van der Waals surface area contributed by atoms with Crippen molar-refractivity contribution < 1.29 is 69.0 Å². The Hall–Kier alpha value is -2.31. The van der Waals surface area contributed by atoms with E-state index in [1.165, 1.54) is 116 Å². The summed E-state index contributed by atoms with van der Waals surface area (Å²) < 4.78 is 34.2. The van der Waals surface area contributed by atoms with Crippen LogP contribution in [0.4, 0.5) is 0 Å². The molecule has 0 radical (unpaired) electrons. The number of carbonyl (C=O) groups excluding carboxylic acids is 1. The van der Waals surface area contributed by atoms with E-state index in [2.05, 4.69) is 68.5 Å². The van der Waals surface area contributed by atoms with E-state index in [1.54, 1.807) is 0 Å². The topological polar surface area (TPSA) is 214 Å². The molecule has 14 nitrogen and oxygen atoms in total. The molecular weight excluding hydrogens is 921 g/mol. The average Bonchev–Trinajstić information content (AvgIpc) is 3.38. The number of esters is 1. The molecule has 2 aliphatic rings. The molecule has 72 heavy (non-hydrogen) atoms. The van der Waals surface area contributed by atoms with Crippen molar-refractivity contribution in [2.75, 3.05) is 33.0 Å². The van der Waals surface area contributed by atoms with E-state index in [9.17, 15) is 40.5 Å². The molecule has 7 N–H and O–H groups in total. The minimum atomic E-state index is -1.72. The van der Waals surface area contributed by atoms with Crippen LogP contribution >= 0.6 is 0 Å². The summed E-state index contributed by atoms with van der Waals surface area (Å²) >= 11 is 0. The van der Waals surface area contributed by atoms with Gasteiger partial charge in [0.1, 0.15) is 54.9 Å². The smallest absolute Gasteiger partial charge is 0.306 e. The lowest BCUT2D eigenvalue weighted by atomic mass is 9.98. The van der Waals surface area contributed by atoms with Crippen molar-refractivity contribution in [2.24, 2.45) is 0 Å². The van der Waals surface area contributed by atoms with Crippen LogP contribution < -0.4 is 0 Å². The van der Waals surface area contributed by atoms with Crippen LogP contribution in [0.3, 0.4) is 0 Å². The van der Waals surface area contributed by atoms with Crippen LogP contribution in [0.2, 0.25) is 0 Å². The van der Waals surface area contributed by atoms with Gasteiger partial charge in [0.25, 0.3) is 0 Å². The molecule has 0 aliphatic carbocycles. The van der Waals surface area contributed by atoms with Crippen LogP contribution in [0, 0.1) is 0 Å². The molecule has 0 aromatic rings. The number of ether oxygens (including phenoxy) is 6.